The SMILES string of the molecule is NC(=O)CCCCN[C@H]1CC1c1ccc(OCc2cccc(Br)c2)cc1. The normalized spacial score (nSPS) is 18.5. The lowest BCUT2D eigenvalue weighted by molar-refractivity contribution is -0.118. The molecule has 1 aliphatic carbocycles. The van der Waals surface area contributed by atoms with Crippen LogP contribution >= 0.6 is 15.9 Å². The summed E-state index contributed by atoms with van der Waals surface area (Å²) in [4.78, 5) is 10.7. The van der Waals surface area contributed by atoms with Gasteiger partial charge in [0.05, 0.1) is 0 Å². The molecule has 1 aliphatic rings. The molecule has 5 heteroatoms. The van der Waals surface area contributed by atoms with Crippen LogP contribution in [0.2, 0.25) is 0 Å². The maximum absolute atomic E-state index is 10.7. The van der Waals surface area contributed by atoms with E-state index in [-0.39, 0.29) is 5.91 Å². The summed E-state index contributed by atoms with van der Waals surface area (Å²) in [7, 11) is 0. The molecule has 138 valence electrons. The zero-order valence-electron chi connectivity index (χ0n) is 14.8. The van der Waals surface area contributed by atoms with Crippen LogP contribution in [0.1, 0.15) is 42.7 Å². The van der Waals surface area contributed by atoms with Gasteiger partial charge in [0.25, 0.3) is 0 Å². The third-order valence-electron chi connectivity index (χ3n) is 4.65. The third kappa shape index (κ3) is 5.85. The van der Waals surface area contributed by atoms with Crippen LogP contribution in [-0.4, -0.2) is 18.5 Å². The lowest BCUT2D eigenvalue weighted by Gasteiger charge is -2.08. The predicted octanol–water partition coefficient (Wildman–Crippen LogP) is 4.13. The van der Waals surface area contributed by atoms with Crippen LogP contribution in [-0.2, 0) is 11.4 Å². The van der Waals surface area contributed by atoms with Crippen LogP contribution in [0.4, 0.5) is 0 Å². The van der Waals surface area contributed by atoms with Crippen molar-refractivity contribution in [3.8, 4) is 5.75 Å². The monoisotopic (exact) mass is 416 g/mol. The van der Waals surface area contributed by atoms with Crippen molar-refractivity contribution < 1.29 is 9.53 Å². The molecule has 2 aromatic carbocycles. The number of nitrogens with two attached hydrogens (primary N) is 1. The largest absolute Gasteiger partial charge is 0.489 e. The van der Waals surface area contributed by atoms with E-state index in [1.807, 2.05) is 12.1 Å². The molecule has 0 heterocycles. The number of unbranched alkanes of at least 4 members (excludes halogenated alkanes) is 1. The Labute approximate surface area is 163 Å². The summed E-state index contributed by atoms with van der Waals surface area (Å²) in [6.07, 6.45) is 3.52. The molecule has 2 atom stereocenters. The van der Waals surface area contributed by atoms with Crippen LogP contribution in [0.25, 0.3) is 0 Å². The molecule has 1 saturated carbocycles. The third-order valence-corrected chi connectivity index (χ3v) is 5.14. The molecule has 1 unspecified atom stereocenters. The molecular formula is C21H25BrN2O2. The molecule has 2 aromatic rings. The molecule has 1 amide bonds. The Hall–Kier alpha value is -1.85. The van der Waals surface area contributed by atoms with Crippen LogP contribution in [0.5, 0.6) is 5.75 Å². The number of benzene rings is 2. The fourth-order valence-electron chi connectivity index (χ4n) is 3.11. The minimum absolute atomic E-state index is 0.212. The predicted molar refractivity (Wildman–Crippen MR) is 107 cm³/mol. The highest BCUT2D eigenvalue weighted by atomic mass is 79.9. The number of amides is 1. The Morgan fingerprint density at radius 2 is 2.00 bits per heavy atom. The number of hydrogen-bond donors (Lipinski definition) is 2. The Balaban J connectivity index is 1.39. The Kier molecular flexibility index (Phi) is 6.69. The summed E-state index contributed by atoms with van der Waals surface area (Å²) < 4.78 is 6.93. The lowest BCUT2D eigenvalue weighted by atomic mass is 10.1. The highest BCUT2D eigenvalue weighted by molar-refractivity contribution is 9.10. The molecule has 26 heavy (non-hydrogen) atoms. The first-order chi connectivity index (χ1) is 12.6. The number of hydrogen-bond acceptors (Lipinski definition) is 3. The van der Waals surface area contributed by atoms with Crippen molar-refractivity contribution in [2.75, 3.05) is 6.54 Å². The van der Waals surface area contributed by atoms with Gasteiger partial charge in [-0.25, -0.2) is 0 Å². The van der Waals surface area contributed by atoms with Gasteiger partial charge in [0.2, 0.25) is 5.91 Å². The summed E-state index contributed by atoms with van der Waals surface area (Å²) in [5.41, 5.74) is 7.65. The maximum Gasteiger partial charge on any atom is 0.217 e. The highest BCUT2D eigenvalue weighted by Gasteiger charge is 2.37. The number of primary amides is 1. The second-order valence-corrected chi connectivity index (χ2v) is 7.73. The van der Waals surface area contributed by atoms with Gasteiger partial charge in [-0.05, 0) is 61.2 Å². The Morgan fingerprint density at radius 1 is 1.19 bits per heavy atom. The van der Waals surface area contributed by atoms with Crippen molar-refractivity contribution >= 4 is 21.8 Å². The first-order valence-corrected chi connectivity index (χ1v) is 9.90. The van der Waals surface area contributed by atoms with Crippen molar-refractivity contribution in [2.24, 2.45) is 5.73 Å². The van der Waals surface area contributed by atoms with E-state index in [1.165, 1.54) is 12.0 Å². The standard InChI is InChI=1S/C21H25BrN2O2/c22-17-5-3-4-15(12-17)14-26-18-9-7-16(8-10-18)19-13-20(19)24-11-2-1-6-21(23)25/h3-5,7-10,12,19-20,24H,1-2,6,11,13-14H2,(H2,23,25)/t19?,20-/m0/s1. The number of rotatable bonds is 10. The van der Waals surface area contributed by atoms with Gasteiger partial charge in [-0.15, -0.1) is 0 Å². The Bertz CT molecular complexity index is 733. The summed E-state index contributed by atoms with van der Waals surface area (Å²) in [6, 6.07) is 17.1. The fraction of sp³-hybridized carbons (Fsp3) is 0.381. The van der Waals surface area contributed by atoms with E-state index in [4.69, 9.17) is 10.5 Å². The van der Waals surface area contributed by atoms with Crippen molar-refractivity contribution in [1.29, 1.82) is 0 Å². The van der Waals surface area contributed by atoms with E-state index in [2.05, 4.69) is 57.6 Å². The minimum Gasteiger partial charge on any atom is -0.489 e. The van der Waals surface area contributed by atoms with Crippen LogP contribution in [0.15, 0.2) is 53.0 Å². The number of ether oxygens (including phenoxy) is 1. The van der Waals surface area contributed by atoms with Crippen molar-refractivity contribution in [3.05, 3.63) is 64.1 Å². The number of carbonyl (C=O) groups is 1. The van der Waals surface area contributed by atoms with E-state index in [0.717, 1.165) is 35.2 Å². The van der Waals surface area contributed by atoms with Gasteiger partial charge in [-0.2, -0.15) is 0 Å². The number of carbonyl (C=O) groups excluding carboxylic acids is 1. The molecule has 0 saturated heterocycles. The van der Waals surface area contributed by atoms with Crippen LogP contribution in [0, 0.1) is 0 Å². The quantitative estimate of drug-likeness (QED) is 0.572. The Morgan fingerprint density at radius 3 is 2.73 bits per heavy atom. The average Bonchev–Trinajstić information content (AvgIpc) is 3.39. The first kappa shape index (κ1) is 18.9. The van der Waals surface area contributed by atoms with Gasteiger partial charge in [0.1, 0.15) is 12.4 Å². The minimum atomic E-state index is -0.212. The first-order valence-electron chi connectivity index (χ1n) is 9.11. The molecular weight excluding hydrogens is 392 g/mol. The summed E-state index contributed by atoms with van der Waals surface area (Å²) in [6.45, 7) is 1.51. The molecule has 4 nitrogen and oxygen atoms in total. The molecule has 0 aliphatic heterocycles. The summed E-state index contributed by atoms with van der Waals surface area (Å²) in [5.74, 6) is 1.27. The molecule has 0 aromatic heterocycles. The second kappa shape index (κ2) is 9.19. The summed E-state index contributed by atoms with van der Waals surface area (Å²) >= 11 is 3.48. The lowest BCUT2D eigenvalue weighted by Crippen LogP contribution is -2.19. The van der Waals surface area contributed by atoms with Crippen LogP contribution in [0.3, 0.4) is 0 Å². The van der Waals surface area contributed by atoms with Crippen molar-refractivity contribution in [3.63, 3.8) is 0 Å². The van der Waals surface area contributed by atoms with E-state index in [1.54, 1.807) is 0 Å². The van der Waals surface area contributed by atoms with Gasteiger partial charge in [-0.1, -0.05) is 40.2 Å². The van der Waals surface area contributed by atoms with Gasteiger partial charge in [-0.3, -0.25) is 4.79 Å². The van der Waals surface area contributed by atoms with Crippen molar-refractivity contribution in [1.82, 2.24) is 5.32 Å². The highest BCUT2D eigenvalue weighted by Crippen LogP contribution is 2.41. The average molecular weight is 417 g/mol. The molecule has 0 radical (unpaired) electrons. The number of halogens is 1. The van der Waals surface area contributed by atoms with E-state index in [9.17, 15) is 4.79 Å². The smallest absolute Gasteiger partial charge is 0.217 e. The van der Waals surface area contributed by atoms with Gasteiger partial charge in [0, 0.05) is 22.9 Å². The molecule has 3 N–H and O–H groups in total. The topological polar surface area (TPSA) is 64.4 Å². The second-order valence-electron chi connectivity index (χ2n) is 6.81. The zero-order valence-corrected chi connectivity index (χ0v) is 16.4. The van der Waals surface area contributed by atoms with Crippen LogP contribution < -0.4 is 15.8 Å². The maximum atomic E-state index is 10.7. The zero-order chi connectivity index (χ0) is 18.4. The number of nitrogens with one attached hydrogen (secondary N) is 1. The molecule has 0 spiro atoms. The van der Waals surface area contributed by atoms with E-state index < -0.39 is 0 Å². The summed E-state index contributed by atoms with van der Waals surface area (Å²) in [5, 5.41) is 3.56. The van der Waals surface area contributed by atoms with E-state index in [0.29, 0.717) is 25.0 Å². The van der Waals surface area contributed by atoms with E-state index >= 15 is 0 Å². The molecule has 3 rings (SSSR count). The van der Waals surface area contributed by atoms with Crippen molar-refractivity contribution in [2.45, 2.75) is 44.2 Å². The van der Waals surface area contributed by atoms with Gasteiger partial charge < -0.3 is 15.8 Å². The molecule has 1 fully saturated rings. The molecule has 0 bridgehead atoms. The van der Waals surface area contributed by atoms with Gasteiger partial charge in [0.15, 0.2) is 0 Å². The van der Waals surface area contributed by atoms with Gasteiger partial charge >= 0.3 is 0 Å². The fourth-order valence-corrected chi connectivity index (χ4v) is 3.55.